The molecule has 28 heavy (non-hydrogen) atoms. The summed E-state index contributed by atoms with van der Waals surface area (Å²) in [6, 6.07) is 8.84. The van der Waals surface area contributed by atoms with Gasteiger partial charge in [0.25, 0.3) is 5.91 Å². The van der Waals surface area contributed by atoms with Crippen LogP contribution in [0, 0.1) is 0 Å². The predicted octanol–water partition coefficient (Wildman–Crippen LogP) is 4.45. The maximum Gasteiger partial charge on any atom is 0.262 e. The van der Waals surface area contributed by atoms with Crippen molar-refractivity contribution in [2.24, 2.45) is 0 Å². The molecular formula is C18H17Cl3N2O4S. The van der Waals surface area contributed by atoms with Crippen LogP contribution in [-0.2, 0) is 14.8 Å². The SMILES string of the molecule is O=C(COc1ccc(S(=O)(=O)N2CCCC2)cc1Cl)Nc1cc(Cl)cc(Cl)c1. The van der Waals surface area contributed by atoms with Crippen molar-refractivity contribution in [2.75, 3.05) is 25.0 Å². The molecule has 1 heterocycles. The summed E-state index contributed by atoms with van der Waals surface area (Å²) >= 11 is 17.9. The molecule has 3 rings (SSSR count). The van der Waals surface area contributed by atoms with Crippen LogP contribution in [0.3, 0.4) is 0 Å². The Morgan fingerprint density at radius 1 is 1.04 bits per heavy atom. The Balaban J connectivity index is 1.64. The van der Waals surface area contributed by atoms with Gasteiger partial charge in [-0.1, -0.05) is 34.8 Å². The topological polar surface area (TPSA) is 75.7 Å². The third kappa shape index (κ3) is 5.10. The van der Waals surface area contributed by atoms with Crippen molar-refractivity contribution in [1.82, 2.24) is 4.31 Å². The Labute approximate surface area is 178 Å². The van der Waals surface area contributed by atoms with Gasteiger partial charge in [-0.3, -0.25) is 4.79 Å². The highest BCUT2D eigenvalue weighted by atomic mass is 35.5. The van der Waals surface area contributed by atoms with E-state index in [4.69, 9.17) is 39.5 Å². The standard InChI is InChI=1S/C18H17Cl3N2O4S/c19-12-7-13(20)9-14(8-12)22-18(24)11-27-17-4-3-15(10-16(17)21)28(25,26)23-5-1-2-6-23/h3-4,7-10H,1-2,5-6,11H2,(H,22,24). The highest BCUT2D eigenvalue weighted by Gasteiger charge is 2.27. The number of hydrogen-bond acceptors (Lipinski definition) is 4. The van der Waals surface area contributed by atoms with E-state index >= 15 is 0 Å². The molecule has 0 aromatic heterocycles. The molecule has 0 bridgehead atoms. The van der Waals surface area contributed by atoms with E-state index in [1.54, 1.807) is 18.2 Å². The molecule has 10 heteroatoms. The molecule has 0 unspecified atom stereocenters. The van der Waals surface area contributed by atoms with Crippen LogP contribution >= 0.6 is 34.8 Å². The summed E-state index contributed by atoms with van der Waals surface area (Å²) in [7, 11) is -3.57. The molecule has 1 saturated heterocycles. The summed E-state index contributed by atoms with van der Waals surface area (Å²) < 4.78 is 32.0. The first kappa shape index (κ1) is 21.2. The second kappa shape index (κ2) is 8.88. The van der Waals surface area contributed by atoms with Gasteiger partial charge in [0.05, 0.1) is 9.92 Å². The van der Waals surface area contributed by atoms with Gasteiger partial charge in [-0.25, -0.2) is 8.42 Å². The fraction of sp³-hybridized carbons (Fsp3) is 0.278. The lowest BCUT2D eigenvalue weighted by Gasteiger charge is -2.16. The second-order valence-electron chi connectivity index (χ2n) is 6.20. The summed E-state index contributed by atoms with van der Waals surface area (Å²) in [5, 5.41) is 3.50. The molecule has 0 spiro atoms. The fourth-order valence-corrected chi connectivity index (χ4v) is 5.17. The predicted molar refractivity (Wildman–Crippen MR) is 110 cm³/mol. The molecule has 150 valence electrons. The Bertz CT molecular complexity index is 972. The number of nitrogens with one attached hydrogen (secondary N) is 1. The van der Waals surface area contributed by atoms with Crippen molar-refractivity contribution < 1.29 is 17.9 Å². The molecule has 1 N–H and O–H groups in total. The smallest absolute Gasteiger partial charge is 0.262 e. The molecule has 2 aromatic carbocycles. The average Bonchev–Trinajstić information content (AvgIpc) is 3.15. The number of hydrogen-bond donors (Lipinski definition) is 1. The minimum atomic E-state index is -3.57. The Morgan fingerprint density at radius 3 is 2.29 bits per heavy atom. The molecular weight excluding hydrogens is 447 g/mol. The Kier molecular flexibility index (Phi) is 6.73. The lowest BCUT2D eigenvalue weighted by atomic mass is 10.3. The number of carbonyl (C=O) groups is 1. The highest BCUT2D eigenvalue weighted by Crippen LogP contribution is 2.30. The van der Waals surface area contributed by atoms with Crippen molar-refractivity contribution in [3.8, 4) is 5.75 Å². The first-order valence-corrected chi connectivity index (χ1v) is 11.0. The maximum absolute atomic E-state index is 12.6. The molecule has 1 aliphatic heterocycles. The van der Waals surface area contributed by atoms with Crippen LogP contribution in [0.25, 0.3) is 0 Å². The molecule has 1 amide bonds. The van der Waals surface area contributed by atoms with Crippen LogP contribution in [0.5, 0.6) is 5.75 Å². The van der Waals surface area contributed by atoms with Gasteiger partial charge in [0.1, 0.15) is 5.75 Å². The summed E-state index contributed by atoms with van der Waals surface area (Å²) in [5.74, 6) is -0.232. The zero-order valence-corrected chi connectivity index (χ0v) is 17.7. The van der Waals surface area contributed by atoms with Gasteiger partial charge in [-0.15, -0.1) is 0 Å². The Morgan fingerprint density at radius 2 is 1.68 bits per heavy atom. The van der Waals surface area contributed by atoms with Crippen LogP contribution in [0.2, 0.25) is 15.1 Å². The van der Waals surface area contributed by atoms with Gasteiger partial charge in [0, 0.05) is 28.8 Å². The zero-order chi connectivity index (χ0) is 20.3. The van der Waals surface area contributed by atoms with Crippen molar-refractivity contribution in [3.63, 3.8) is 0 Å². The molecule has 0 radical (unpaired) electrons. The van der Waals surface area contributed by atoms with Crippen LogP contribution in [-0.4, -0.2) is 38.3 Å². The van der Waals surface area contributed by atoms with Crippen LogP contribution in [0.4, 0.5) is 5.69 Å². The number of halogens is 3. The summed E-state index contributed by atoms with van der Waals surface area (Å²) in [6.07, 6.45) is 1.70. The lowest BCUT2D eigenvalue weighted by molar-refractivity contribution is -0.118. The van der Waals surface area contributed by atoms with E-state index in [1.807, 2.05) is 0 Å². The fourth-order valence-electron chi connectivity index (χ4n) is 2.80. The highest BCUT2D eigenvalue weighted by molar-refractivity contribution is 7.89. The van der Waals surface area contributed by atoms with Gasteiger partial charge in [0.15, 0.2) is 6.61 Å². The third-order valence-corrected chi connectivity index (χ3v) is 6.74. The number of rotatable bonds is 6. The van der Waals surface area contributed by atoms with E-state index in [2.05, 4.69) is 5.32 Å². The summed E-state index contributed by atoms with van der Waals surface area (Å²) in [5.41, 5.74) is 0.434. The molecule has 0 atom stereocenters. The van der Waals surface area contributed by atoms with E-state index in [-0.39, 0.29) is 22.3 Å². The molecule has 1 fully saturated rings. The number of benzene rings is 2. The van der Waals surface area contributed by atoms with Crippen molar-refractivity contribution in [3.05, 3.63) is 51.5 Å². The minimum Gasteiger partial charge on any atom is -0.482 e. The molecule has 0 saturated carbocycles. The van der Waals surface area contributed by atoms with Crippen LogP contribution < -0.4 is 10.1 Å². The second-order valence-corrected chi connectivity index (χ2v) is 9.42. The lowest BCUT2D eigenvalue weighted by Crippen LogP contribution is -2.27. The zero-order valence-electron chi connectivity index (χ0n) is 14.6. The van der Waals surface area contributed by atoms with E-state index < -0.39 is 15.9 Å². The summed E-state index contributed by atoms with van der Waals surface area (Å²) in [6.45, 7) is 0.694. The number of amides is 1. The van der Waals surface area contributed by atoms with Crippen LogP contribution in [0.15, 0.2) is 41.3 Å². The first-order chi connectivity index (χ1) is 13.3. The largest absolute Gasteiger partial charge is 0.482 e. The minimum absolute atomic E-state index is 0.102. The molecule has 0 aliphatic carbocycles. The maximum atomic E-state index is 12.6. The van der Waals surface area contributed by atoms with E-state index in [0.29, 0.717) is 28.8 Å². The van der Waals surface area contributed by atoms with Crippen molar-refractivity contribution in [1.29, 1.82) is 0 Å². The van der Waals surface area contributed by atoms with Crippen LogP contribution in [0.1, 0.15) is 12.8 Å². The number of anilines is 1. The quantitative estimate of drug-likeness (QED) is 0.687. The third-order valence-electron chi connectivity index (χ3n) is 4.11. The first-order valence-electron chi connectivity index (χ1n) is 8.44. The number of nitrogens with zero attached hydrogens (tertiary/aromatic N) is 1. The van der Waals surface area contributed by atoms with Gasteiger partial charge < -0.3 is 10.1 Å². The number of carbonyl (C=O) groups excluding carboxylic acids is 1. The van der Waals surface area contributed by atoms with Crippen molar-refractivity contribution >= 4 is 56.4 Å². The molecule has 2 aromatic rings. The van der Waals surface area contributed by atoms with Crippen molar-refractivity contribution in [2.45, 2.75) is 17.7 Å². The average molecular weight is 464 g/mol. The number of sulfonamides is 1. The van der Waals surface area contributed by atoms with Gasteiger partial charge >= 0.3 is 0 Å². The number of ether oxygens (including phenoxy) is 1. The monoisotopic (exact) mass is 462 g/mol. The van der Waals surface area contributed by atoms with Gasteiger partial charge in [0.2, 0.25) is 10.0 Å². The van der Waals surface area contributed by atoms with E-state index in [1.165, 1.54) is 22.5 Å². The molecule has 1 aliphatic rings. The Hall–Kier alpha value is -1.51. The summed E-state index contributed by atoms with van der Waals surface area (Å²) in [4.78, 5) is 12.2. The van der Waals surface area contributed by atoms with E-state index in [9.17, 15) is 13.2 Å². The normalized spacial score (nSPS) is 14.8. The van der Waals surface area contributed by atoms with Gasteiger partial charge in [-0.05, 0) is 49.2 Å². The molecule has 6 nitrogen and oxygen atoms in total. The van der Waals surface area contributed by atoms with E-state index in [0.717, 1.165) is 12.8 Å². The van der Waals surface area contributed by atoms with Gasteiger partial charge in [-0.2, -0.15) is 4.31 Å².